The van der Waals surface area contributed by atoms with Gasteiger partial charge >= 0.3 is 0 Å². The number of hydrogen-bond acceptors (Lipinski definition) is 5. The monoisotopic (exact) mass is 573 g/mol. The first-order valence-electron chi connectivity index (χ1n) is 11.1. The minimum atomic E-state index is -3.81. The summed E-state index contributed by atoms with van der Waals surface area (Å²) in [6, 6.07) is 22.1. The summed E-state index contributed by atoms with van der Waals surface area (Å²) in [7, 11) is -2.32. The number of amides is 2. The SMILES string of the molecule is CNC(=O)C(C)N(Cc1ccc(Br)cc1)C(=O)CN(c1ccc(Oc2ccccc2)cc1)S(C)(=O)=O. The average Bonchev–Trinajstić information content (AvgIpc) is 2.86. The van der Waals surface area contributed by atoms with E-state index < -0.39 is 28.5 Å². The van der Waals surface area contributed by atoms with Crippen LogP contribution in [-0.4, -0.2) is 51.0 Å². The smallest absolute Gasteiger partial charge is 0.244 e. The fraction of sp³-hybridized carbons (Fsp3) is 0.231. The summed E-state index contributed by atoms with van der Waals surface area (Å²) in [6.45, 7) is 1.29. The molecule has 0 saturated heterocycles. The van der Waals surface area contributed by atoms with E-state index in [1.807, 2.05) is 54.6 Å². The topological polar surface area (TPSA) is 96.0 Å². The minimum absolute atomic E-state index is 0.141. The van der Waals surface area contributed by atoms with Gasteiger partial charge in [-0.2, -0.15) is 0 Å². The molecule has 3 rings (SSSR count). The lowest BCUT2D eigenvalue weighted by atomic mass is 10.1. The number of para-hydroxylation sites is 1. The van der Waals surface area contributed by atoms with Gasteiger partial charge in [0, 0.05) is 18.1 Å². The molecule has 0 aliphatic rings. The van der Waals surface area contributed by atoms with Gasteiger partial charge in [0.15, 0.2) is 0 Å². The van der Waals surface area contributed by atoms with E-state index in [9.17, 15) is 18.0 Å². The number of halogens is 1. The molecule has 0 aliphatic heterocycles. The Hall–Kier alpha value is -3.37. The maximum Gasteiger partial charge on any atom is 0.244 e. The van der Waals surface area contributed by atoms with E-state index >= 15 is 0 Å². The predicted molar refractivity (Wildman–Crippen MR) is 143 cm³/mol. The highest BCUT2D eigenvalue weighted by Gasteiger charge is 2.29. The van der Waals surface area contributed by atoms with E-state index in [1.165, 1.54) is 11.9 Å². The number of sulfonamides is 1. The lowest BCUT2D eigenvalue weighted by Crippen LogP contribution is -2.50. The van der Waals surface area contributed by atoms with Crippen molar-refractivity contribution in [1.82, 2.24) is 10.2 Å². The number of benzene rings is 3. The van der Waals surface area contributed by atoms with Crippen molar-refractivity contribution in [3.05, 3.63) is 88.9 Å². The highest BCUT2D eigenvalue weighted by Crippen LogP contribution is 2.26. The van der Waals surface area contributed by atoms with Crippen LogP contribution in [0.1, 0.15) is 12.5 Å². The van der Waals surface area contributed by atoms with E-state index in [1.54, 1.807) is 31.2 Å². The lowest BCUT2D eigenvalue weighted by Gasteiger charge is -2.31. The summed E-state index contributed by atoms with van der Waals surface area (Å²) in [5, 5.41) is 2.55. The Kier molecular flexibility index (Phi) is 9.11. The maximum absolute atomic E-state index is 13.4. The molecule has 0 aliphatic carbocycles. The third-order valence-corrected chi connectivity index (χ3v) is 7.13. The Labute approximate surface area is 220 Å². The zero-order chi connectivity index (χ0) is 26.3. The lowest BCUT2D eigenvalue weighted by molar-refractivity contribution is -0.139. The molecular formula is C26H28BrN3O5S. The summed E-state index contributed by atoms with van der Waals surface area (Å²) >= 11 is 3.38. The molecule has 0 bridgehead atoms. The van der Waals surface area contributed by atoms with Gasteiger partial charge in [0.2, 0.25) is 21.8 Å². The van der Waals surface area contributed by atoms with Gasteiger partial charge in [-0.05, 0) is 61.0 Å². The molecule has 0 fully saturated rings. The van der Waals surface area contributed by atoms with Crippen molar-refractivity contribution in [3.63, 3.8) is 0 Å². The Morgan fingerprint density at radius 3 is 2.08 bits per heavy atom. The molecule has 8 nitrogen and oxygen atoms in total. The second-order valence-electron chi connectivity index (χ2n) is 8.12. The maximum atomic E-state index is 13.4. The molecule has 1 N–H and O–H groups in total. The van der Waals surface area contributed by atoms with Gasteiger partial charge in [-0.25, -0.2) is 8.42 Å². The van der Waals surface area contributed by atoms with Crippen LogP contribution < -0.4 is 14.4 Å². The molecule has 0 radical (unpaired) electrons. The molecular weight excluding hydrogens is 546 g/mol. The molecule has 36 heavy (non-hydrogen) atoms. The van der Waals surface area contributed by atoms with Crippen molar-refractivity contribution >= 4 is 43.5 Å². The van der Waals surface area contributed by atoms with E-state index in [0.29, 0.717) is 17.2 Å². The Morgan fingerprint density at radius 1 is 0.944 bits per heavy atom. The number of anilines is 1. The van der Waals surface area contributed by atoms with Crippen LogP contribution in [0.5, 0.6) is 11.5 Å². The van der Waals surface area contributed by atoms with Crippen LogP contribution in [0.2, 0.25) is 0 Å². The highest BCUT2D eigenvalue weighted by atomic mass is 79.9. The molecule has 2 amide bonds. The molecule has 1 unspecified atom stereocenters. The number of rotatable bonds is 10. The van der Waals surface area contributed by atoms with Gasteiger partial charge in [-0.3, -0.25) is 13.9 Å². The van der Waals surface area contributed by atoms with Gasteiger partial charge in [0.1, 0.15) is 24.1 Å². The first kappa shape index (κ1) is 27.2. The van der Waals surface area contributed by atoms with Crippen molar-refractivity contribution in [2.45, 2.75) is 19.5 Å². The van der Waals surface area contributed by atoms with Crippen molar-refractivity contribution in [3.8, 4) is 11.5 Å². The quantitative estimate of drug-likeness (QED) is 0.392. The Bertz CT molecular complexity index is 1280. The van der Waals surface area contributed by atoms with Crippen LogP contribution in [0.4, 0.5) is 5.69 Å². The second-order valence-corrected chi connectivity index (χ2v) is 10.9. The molecule has 1 atom stereocenters. The van der Waals surface area contributed by atoms with E-state index in [0.717, 1.165) is 20.6 Å². The Morgan fingerprint density at radius 2 is 1.53 bits per heavy atom. The van der Waals surface area contributed by atoms with Crippen molar-refractivity contribution < 1.29 is 22.7 Å². The largest absolute Gasteiger partial charge is 0.457 e. The molecule has 0 saturated carbocycles. The van der Waals surface area contributed by atoms with Gasteiger partial charge in [-0.1, -0.05) is 46.3 Å². The highest BCUT2D eigenvalue weighted by molar-refractivity contribution is 9.10. The molecule has 190 valence electrons. The summed E-state index contributed by atoms with van der Waals surface area (Å²) in [5.74, 6) is 0.305. The fourth-order valence-electron chi connectivity index (χ4n) is 3.50. The minimum Gasteiger partial charge on any atom is -0.457 e. The second kappa shape index (κ2) is 12.0. The summed E-state index contributed by atoms with van der Waals surface area (Å²) in [6.07, 6.45) is 1.04. The van der Waals surface area contributed by atoms with Crippen LogP contribution in [0.25, 0.3) is 0 Å². The van der Waals surface area contributed by atoms with Crippen molar-refractivity contribution in [2.75, 3.05) is 24.2 Å². The van der Waals surface area contributed by atoms with E-state index in [4.69, 9.17) is 4.74 Å². The van der Waals surface area contributed by atoms with Gasteiger partial charge in [0.05, 0.1) is 11.9 Å². The van der Waals surface area contributed by atoms with Crippen molar-refractivity contribution in [1.29, 1.82) is 0 Å². The normalized spacial score (nSPS) is 11.9. The van der Waals surface area contributed by atoms with E-state index in [-0.39, 0.29) is 12.5 Å². The molecule has 0 spiro atoms. The van der Waals surface area contributed by atoms with Crippen LogP contribution in [0, 0.1) is 0 Å². The van der Waals surface area contributed by atoms with Gasteiger partial charge in [0.25, 0.3) is 0 Å². The first-order valence-corrected chi connectivity index (χ1v) is 13.8. The average molecular weight is 574 g/mol. The number of ether oxygens (including phenoxy) is 1. The number of hydrogen-bond donors (Lipinski definition) is 1. The summed E-state index contributed by atoms with van der Waals surface area (Å²) in [4.78, 5) is 27.2. The van der Waals surface area contributed by atoms with E-state index in [2.05, 4.69) is 21.2 Å². The summed E-state index contributed by atoms with van der Waals surface area (Å²) < 4.78 is 33.0. The van der Waals surface area contributed by atoms with Gasteiger partial charge < -0.3 is 15.0 Å². The molecule has 0 aromatic heterocycles. The molecule has 3 aromatic rings. The first-order chi connectivity index (χ1) is 17.1. The summed E-state index contributed by atoms with van der Waals surface area (Å²) in [5.41, 5.74) is 1.11. The van der Waals surface area contributed by atoms with Crippen LogP contribution in [0.15, 0.2) is 83.3 Å². The standard InChI is InChI=1S/C26H28BrN3O5S/c1-19(26(32)28-2)29(17-20-9-11-21(27)12-10-20)25(31)18-30(36(3,33)34)22-13-15-24(16-14-22)35-23-7-5-4-6-8-23/h4-16,19H,17-18H2,1-3H3,(H,28,32). The predicted octanol–water partition coefficient (Wildman–Crippen LogP) is 4.17. The van der Waals surface area contributed by atoms with Crippen LogP contribution in [-0.2, 0) is 26.2 Å². The zero-order valence-electron chi connectivity index (χ0n) is 20.2. The number of likely N-dealkylation sites (N-methyl/N-ethyl adjacent to an activating group) is 1. The third kappa shape index (κ3) is 7.32. The van der Waals surface area contributed by atoms with Crippen LogP contribution in [0.3, 0.4) is 0 Å². The van der Waals surface area contributed by atoms with Gasteiger partial charge in [-0.15, -0.1) is 0 Å². The Balaban J connectivity index is 1.84. The molecule has 0 heterocycles. The fourth-order valence-corrected chi connectivity index (χ4v) is 4.61. The molecule has 10 heteroatoms. The number of carbonyl (C=O) groups is 2. The number of nitrogens with zero attached hydrogens (tertiary/aromatic N) is 2. The molecule has 3 aromatic carbocycles. The van der Waals surface area contributed by atoms with Crippen molar-refractivity contribution in [2.24, 2.45) is 0 Å². The van der Waals surface area contributed by atoms with Crippen LogP contribution >= 0.6 is 15.9 Å². The zero-order valence-corrected chi connectivity index (χ0v) is 22.6. The third-order valence-electron chi connectivity index (χ3n) is 5.46. The number of nitrogens with one attached hydrogen (secondary N) is 1. The number of carbonyl (C=O) groups excluding carboxylic acids is 2.